The van der Waals surface area contributed by atoms with Crippen LogP contribution in [0, 0.1) is 20.8 Å². The summed E-state index contributed by atoms with van der Waals surface area (Å²) in [6, 6.07) is 15.5. The van der Waals surface area contributed by atoms with Crippen LogP contribution in [0.15, 0.2) is 53.3 Å². The summed E-state index contributed by atoms with van der Waals surface area (Å²) in [5.74, 6) is 0.895. The number of carbonyl (C=O) groups excluding carboxylic acids is 1. The van der Waals surface area contributed by atoms with Gasteiger partial charge in [-0.1, -0.05) is 36.4 Å². The summed E-state index contributed by atoms with van der Waals surface area (Å²) in [5.41, 5.74) is 4.98. The Hall–Kier alpha value is -3.74. The molecule has 0 spiro atoms. The minimum atomic E-state index is -0.226. The van der Waals surface area contributed by atoms with Gasteiger partial charge in [-0.25, -0.2) is 0 Å². The largest absolute Gasteiger partial charge is 0.326 e. The molecular formula is C25H27N5O2. The third-order valence-electron chi connectivity index (χ3n) is 5.58. The van der Waals surface area contributed by atoms with Gasteiger partial charge in [0.1, 0.15) is 0 Å². The van der Waals surface area contributed by atoms with Crippen molar-refractivity contribution in [1.82, 2.24) is 19.2 Å². The van der Waals surface area contributed by atoms with E-state index in [1.54, 1.807) is 0 Å². The first kappa shape index (κ1) is 21.5. The van der Waals surface area contributed by atoms with E-state index in [1.165, 1.54) is 4.52 Å². The number of amides is 1. The molecule has 0 aliphatic rings. The highest BCUT2D eigenvalue weighted by Gasteiger charge is 2.18. The van der Waals surface area contributed by atoms with E-state index in [0.717, 1.165) is 28.1 Å². The van der Waals surface area contributed by atoms with Crippen molar-refractivity contribution in [2.75, 3.05) is 5.32 Å². The van der Waals surface area contributed by atoms with Crippen LogP contribution < -0.4 is 10.9 Å². The predicted octanol–water partition coefficient (Wildman–Crippen LogP) is 4.07. The lowest BCUT2D eigenvalue weighted by Gasteiger charge is -2.14. The molecule has 2 heterocycles. The van der Waals surface area contributed by atoms with Crippen LogP contribution in [0.2, 0.25) is 0 Å². The molecule has 164 valence electrons. The number of anilines is 1. The number of nitrogens with zero attached hydrogens (tertiary/aromatic N) is 4. The number of hydrogen-bond donors (Lipinski definition) is 1. The number of carbonyl (C=O) groups is 1. The number of fused-ring (bicyclic) bond motifs is 1. The van der Waals surface area contributed by atoms with Gasteiger partial charge in [0.05, 0.1) is 0 Å². The molecule has 0 fully saturated rings. The van der Waals surface area contributed by atoms with E-state index in [-0.39, 0.29) is 17.9 Å². The molecular weight excluding hydrogens is 402 g/mol. The van der Waals surface area contributed by atoms with E-state index in [9.17, 15) is 9.59 Å². The number of rotatable bonds is 6. The molecule has 32 heavy (non-hydrogen) atoms. The Balaban J connectivity index is 1.63. The lowest BCUT2D eigenvalue weighted by molar-refractivity contribution is -0.116. The topological polar surface area (TPSA) is 81.3 Å². The van der Waals surface area contributed by atoms with Crippen LogP contribution in [0.1, 0.15) is 35.7 Å². The number of hydrogen-bond acceptors (Lipinski definition) is 4. The maximum atomic E-state index is 13.2. The van der Waals surface area contributed by atoms with Crippen molar-refractivity contribution in [2.45, 2.75) is 47.1 Å². The van der Waals surface area contributed by atoms with E-state index in [4.69, 9.17) is 0 Å². The number of benzene rings is 2. The first-order chi connectivity index (χ1) is 15.4. The van der Waals surface area contributed by atoms with Gasteiger partial charge in [-0.15, -0.1) is 5.10 Å². The summed E-state index contributed by atoms with van der Waals surface area (Å²) >= 11 is 0. The third kappa shape index (κ3) is 4.19. The summed E-state index contributed by atoms with van der Waals surface area (Å²) in [6.07, 6.45) is 0.538. The van der Waals surface area contributed by atoms with Gasteiger partial charge in [0, 0.05) is 35.5 Å². The Morgan fingerprint density at radius 3 is 2.38 bits per heavy atom. The highest BCUT2D eigenvalue weighted by molar-refractivity contribution is 5.91. The SMILES string of the molecule is CCn1c(C)c(CCC(=O)Nc2cc(C)cc(C)c2)c(=O)n2nc(-c3ccccc3)nc12. The van der Waals surface area contributed by atoms with Gasteiger partial charge in [0.25, 0.3) is 5.56 Å². The quantitative estimate of drug-likeness (QED) is 0.501. The van der Waals surface area contributed by atoms with E-state index in [1.807, 2.05) is 74.7 Å². The van der Waals surface area contributed by atoms with Gasteiger partial charge >= 0.3 is 0 Å². The smallest absolute Gasteiger partial charge is 0.279 e. The monoisotopic (exact) mass is 429 g/mol. The summed E-state index contributed by atoms with van der Waals surface area (Å²) in [4.78, 5) is 30.4. The van der Waals surface area contributed by atoms with Crippen LogP contribution in [0.5, 0.6) is 0 Å². The van der Waals surface area contributed by atoms with Crippen molar-refractivity contribution in [1.29, 1.82) is 0 Å². The van der Waals surface area contributed by atoms with Gasteiger partial charge in [0.2, 0.25) is 11.7 Å². The Morgan fingerprint density at radius 2 is 1.72 bits per heavy atom. The first-order valence-electron chi connectivity index (χ1n) is 10.8. The highest BCUT2D eigenvalue weighted by Crippen LogP contribution is 2.18. The summed E-state index contributed by atoms with van der Waals surface area (Å²) in [6.45, 7) is 8.54. The fourth-order valence-electron chi connectivity index (χ4n) is 4.10. The van der Waals surface area contributed by atoms with Crippen molar-refractivity contribution >= 4 is 17.4 Å². The highest BCUT2D eigenvalue weighted by atomic mass is 16.1. The maximum absolute atomic E-state index is 13.2. The molecule has 0 bridgehead atoms. The Kier molecular flexibility index (Phi) is 5.90. The lowest BCUT2D eigenvalue weighted by atomic mass is 10.1. The van der Waals surface area contributed by atoms with Crippen LogP contribution in [-0.2, 0) is 17.8 Å². The fraction of sp³-hybridized carbons (Fsp3) is 0.280. The third-order valence-corrected chi connectivity index (χ3v) is 5.58. The normalized spacial score (nSPS) is 11.1. The summed E-state index contributed by atoms with van der Waals surface area (Å²) < 4.78 is 3.33. The zero-order valence-electron chi connectivity index (χ0n) is 18.8. The fourth-order valence-corrected chi connectivity index (χ4v) is 4.10. The van der Waals surface area contributed by atoms with Crippen molar-refractivity contribution in [3.63, 3.8) is 0 Å². The van der Waals surface area contributed by atoms with Crippen molar-refractivity contribution in [2.24, 2.45) is 0 Å². The molecule has 2 aromatic heterocycles. The Morgan fingerprint density at radius 1 is 1.03 bits per heavy atom. The molecule has 0 aliphatic heterocycles. The molecule has 4 rings (SSSR count). The molecule has 0 aliphatic carbocycles. The van der Waals surface area contributed by atoms with Gasteiger partial charge < -0.3 is 9.88 Å². The van der Waals surface area contributed by atoms with Crippen LogP contribution in [0.4, 0.5) is 5.69 Å². The first-order valence-corrected chi connectivity index (χ1v) is 10.8. The van der Waals surface area contributed by atoms with Crippen LogP contribution in [0.25, 0.3) is 17.2 Å². The van der Waals surface area contributed by atoms with Crippen LogP contribution in [-0.4, -0.2) is 25.1 Å². The molecule has 2 aromatic carbocycles. The molecule has 0 saturated carbocycles. The van der Waals surface area contributed by atoms with Gasteiger partial charge in [-0.3, -0.25) is 9.59 Å². The lowest BCUT2D eigenvalue weighted by Crippen LogP contribution is -2.27. The molecule has 1 N–H and O–H groups in total. The Labute approximate surface area is 186 Å². The number of nitrogens with one attached hydrogen (secondary N) is 1. The average molecular weight is 430 g/mol. The second-order valence-electron chi connectivity index (χ2n) is 8.05. The zero-order valence-corrected chi connectivity index (χ0v) is 18.8. The summed E-state index contributed by atoms with van der Waals surface area (Å²) in [7, 11) is 0. The van der Waals surface area contributed by atoms with Crippen molar-refractivity contribution in [3.05, 3.63) is 81.3 Å². The van der Waals surface area contributed by atoms with Crippen LogP contribution in [0.3, 0.4) is 0 Å². The van der Waals surface area contributed by atoms with E-state index in [2.05, 4.69) is 21.5 Å². The number of aryl methyl sites for hydroxylation is 3. The average Bonchev–Trinajstić information content (AvgIpc) is 3.19. The molecule has 4 aromatic rings. The van der Waals surface area contributed by atoms with Crippen molar-refractivity contribution in [3.8, 4) is 11.4 Å². The van der Waals surface area contributed by atoms with Crippen LogP contribution >= 0.6 is 0 Å². The molecule has 7 nitrogen and oxygen atoms in total. The molecule has 0 unspecified atom stereocenters. The maximum Gasteiger partial charge on any atom is 0.279 e. The molecule has 0 atom stereocenters. The second-order valence-corrected chi connectivity index (χ2v) is 8.05. The van der Waals surface area contributed by atoms with Gasteiger partial charge in [-0.05, 0) is 57.4 Å². The standard InChI is InChI=1S/C25H27N5O2/c1-5-29-18(4)21(11-12-22(31)26-20-14-16(2)13-17(3)15-20)24(32)30-25(29)27-23(28-30)19-9-7-6-8-10-19/h6-10,13-15H,5,11-12H2,1-4H3,(H,26,31). The van der Waals surface area contributed by atoms with E-state index < -0.39 is 0 Å². The Bertz CT molecular complexity index is 1330. The molecule has 1 amide bonds. The minimum absolute atomic E-state index is 0.125. The van der Waals surface area contributed by atoms with E-state index >= 15 is 0 Å². The zero-order chi connectivity index (χ0) is 22.8. The predicted molar refractivity (Wildman–Crippen MR) is 126 cm³/mol. The van der Waals surface area contributed by atoms with Crippen molar-refractivity contribution < 1.29 is 4.79 Å². The van der Waals surface area contributed by atoms with Gasteiger partial charge in [0.15, 0.2) is 5.82 Å². The second kappa shape index (κ2) is 8.78. The summed E-state index contributed by atoms with van der Waals surface area (Å²) in [5, 5.41) is 7.42. The van der Waals surface area contributed by atoms with Gasteiger partial charge in [-0.2, -0.15) is 9.50 Å². The number of aromatic nitrogens is 4. The molecule has 7 heteroatoms. The molecule has 0 radical (unpaired) electrons. The minimum Gasteiger partial charge on any atom is -0.326 e. The molecule has 0 saturated heterocycles. The van der Waals surface area contributed by atoms with E-state index in [0.29, 0.717) is 30.1 Å².